The summed E-state index contributed by atoms with van der Waals surface area (Å²) >= 11 is 0. The molecule has 0 spiro atoms. The number of unbranched alkanes of at least 4 members (excludes halogenated alkanes) is 1. The van der Waals surface area contributed by atoms with Gasteiger partial charge in [-0.05, 0) is 30.9 Å². The van der Waals surface area contributed by atoms with Gasteiger partial charge in [0.15, 0.2) is 0 Å². The highest BCUT2D eigenvalue weighted by Gasteiger charge is 2.07. The van der Waals surface area contributed by atoms with Gasteiger partial charge in [-0.25, -0.2) is 0 Å². The lowest BCUT2D eigenvalue weighted by Crippen LogP contribution is -2.36. The second kappa shape index (κ2) is 10.4. The number of hydrogen-bond donors (Lipinski definition) is 2. The number of nitrogens with one attached hydrogen (secondary N) is 2. The lowest BCUT2D eigenvalue weighted by Gasteiger charge is -2.14. The van der Waals surface area contributed by atoms with E-state index >= 15 is 0 Å². The molecular formula is C17H28N2O2. The van der Waals surface area contributed by atoms with Crippen molar-refractivity contribution in [1.29, 1.82) is 0 Å². The van der Waals surface area contributed by atoms with E-state index in [0.717, 1.165) is 6.42 Å². The number of amides is 1. The summed E-state index contributed by atoms with van der Waals surface area (Å²) in [7, 11) is 1.62. The van der Waals surface area contributed by atoms with E-state index in [0.29, 0.717) is 19.7 Å². The van der Waals surface area contributed by atoms with Gasteiger partial charge in [0.25, 0.3) is 0 Å². The third-order valence-corrected chi connectivity index (χ3v) is 3.50. The van der Waals surface area contributed by atoms with Crippen molar-refractivity contribution in [1.82, 2.24) is 10.6 Å². The number of methoxy groups -OCH3 is 1. The summed E-state index contributed by atoms with van der Waals surface area (Å²) in [5, 5.41) is 6.03. The molecule has 0 saturated heterocycles. The van der Waals surface area contributed by atoms with E-state index in [9.17, 15) is 4.79 Å². The van der Waals surface area contributed by atoms with E-state index < -0.39 is 0 Å². The van der Waals surface area contributed by atoms with Crippen LogP contribution in [0.3, 0.4) is 0 Å². The van der Waals surface area contributed by atoms with Crippen LogP contribution in [0.2, 0.25) is 0 Å². The van der Waals surface area contributed by atoms with Crippen molar-refractivity contribution in [3.8, 4) is 0 Å². The standard InChI is InChI=1S/C17H28N2O2/c1-4-5-6-15-7-9-16(10-8-15)14(2)19-13-17(20)18-11-12-21-3/h7-10,14,19H,4-6,11-13H2,1-3H3,(H,18,20). The molecule has 1 aromatic rings. The van der Waals surface area contributed by atoms with E-state index in [4.69, 9.17) is 4.74 Å². The highest BCUT2D eigenvalue weighted by atomic mass is 16.5. The van der Waals surface area contributed by atoms with Gasteiger partial charge in [-0.2, -0.15) is 0 Å². The van der Waals surface area contributed by atoms with Gasteiger partial charge in [-0.1, -0.05) is 37.6 Å². The van der Waals surface area contributed by atoms with Crippen LogP contribution in [0, 0.1) is 0 Å². The Bertz CT molecular complexity index is 404. The summed E-state index contributed by atoms with van der Waals surface area (Å²) in [5.74, 6) is -0.00142. The summed E-state index contributed by atoms with van der Waals surface area (Å²) in [5.41, 5.74) is 2.59. The molecule has 0 aliphatic rings. The maximum absolute atomic E-state index is 11.6. The topological polar surface area (TPSA) is 50.4 Å². The first-order valence-electron chi connectivity index (χ1n) is 7.75. The average molecular weight is 292 g/mol. The summed E-state index contributed by atoms with van der Waals surface area (Å²) in [6.07, 6.45) is 3.59. The fourth-order valence-electron chi connectivity index (χ4n) is 2.07. The Morgan fingerprint density at radius 1 is 1.29 bits per heavy atom. The molecule has 1 atom stereocenters. The van der Waals surface area contributed by atoms with Crippen LogP contribution in [0.25, 0.3) is 0 Å². The van der Waals surface area contributed by atoms with Crippen LogP contribution in [0.4, 0.5) is 0 Å². The van der Waals surface area contributed by atoms with Crippen LogP contribution in [0.5, 0.6) is 0 Å². The van der Waals surface area contributed by atoms with Crippen molar-refractivity contribution in [2.45, 2.75) is 39.2 Å². The molecule has 0 saturated carbocycles. The zero-order chi connectivity index (χ0) is 15.5. The summed E-state index contributed by atoms with van der Waals surface area (Å²) in [6, 6.07) is 8.82. The van der Waals surface area contributed by atoms with E-state index in [1.807, 2.05) is 0 Å². The zero-order valence-electron chi connectivity index (χ0n) is 13.4. The van der Waals surface area contributed by atoms with Crippen molar-refractivity contribution in [3.63, 3.8) is 0 Å². The Morgan fingerprint density at radius 3 is 2.62 bits per heavy atom. The number of rotatable bonds is 10. The highest BCUT2D eigenvalue weighted by molar-refractivity contribution is 5.78. The summed E-state index contributed by atoms with van der Waals surface area (Å²) in [4.78, 5) is 11.6. The van der Waals surface area contributed by atoms with E-state index in [1.165, 1.54) is 24.0 Å². The Kier molecular flexibility index (Phi) is 8.71. The smallest absolute Gasteiger partial charge is 0.234 e. The van der Waals surface area contributed by atoms with Gasteiger partial charge in [0.1, 0.15) is 0 Å². The van der Waals surface area contributed by atoms with Crippen LogP contribution >= 0.6 is 0 Å². The molecule has 0 radical (unpaired) electrons. The number of ether oxygens (including phenoxy) is 1. The van der Waals surface area contributed by atoms with Gasteiger partial charge in [-0.15, -0.1) is 0 Å². The van der Waals surface area contributed by atoms with Gasteiger partial charge < -0.3 is 15.4 Å². The van der Waals surface area contributed by atoms with E-state index in [1.54, 1.807) is 7.11 Å². The fraction of sp³-hybridized carbons (Fsp3) is 0.588. The van der Waals surface area contributed by atoms with Crippen molar-refractivity contribution >= 4 is 5.91 Å². The van der Waals surface area contributed by atoms with E-state index in [2.05, 4.69) is 48.7 Å². The Labute approximate surface area is 128 Å². The molecule has 1 aromatic carbocycles. The predicted molar refractivity (Wildman–Crippen MR) is 86.4 cm³/mol. The quantitative estimate of drug-likeness (QED) is 0.651. The molecule has 0 aromatic heterocycles. The Hall–Kier alpha value is -1.39. The van der Waals surface area contributed by atoms with Crippen LogP contribution < -0.4 is 10.6 Å². The number of benzene rings is 1. The lowest BCUT2D eigenvalue weighted by atomic mass is 10.0. The minimum atomic E-state index is -0.00142. The molecule has 0 bridgehead atoms. The van der Waals surface area contributed by atoms with Crippen LogP contribution in [-0.4, -0.2) is 32.7 Å². The second-order valence-electron chi connectivity index (χ2n) is 5.29. The van der Waals surface area contributed by atoms with Crippen LogP contribution in [0.15, 0.2) is 24.3 Å². The minimum Gasteiger partial charge on any atom is -0.383 e. The Balaban J connectivity index is 2.34. The number of hydrogen-bond acceptors (Lipinski definition) is 3. The Morgan fingerprint density at radius 2 is 2.00 bits per heavy atom. The molecule has 4 nitrogen and oxygen atoms in total. The van der Waals surface area contributed by atoms with E-state index in [-0.39, 0.29) is 11.9 Å². The van der Waals surface area contributed by atoms with Crippen molar-refractivity contribution in [2.75, 3.05) is 26.8 Å². The SMILES string of the molecule is CCCCc1ccc(C(C)NCC(=O)NCCOC)cc1. The number of carbonyl (C=O) groups is 1. The van der Waals surface area contributed by atoms with Crippen molar-refractivity contribution < 1.29 is 9.53 Å². The summed E-state index contributed by atoms with van der Waals surface area (Å²) < 4.78 is 4.89. The van der Waals surface area contributed by atoms with Crippen molar-refractivity contribution in [2.24, 2.45) is 0 Å². The second-order valence-corrected chi connectivity index (χ2v) is 5.29. The molecule has 21 heavy (non-hydrogen) atoms. The molecule has 4 heteroatoms. The molecule has 0 aliphatic heterocycles. The number of carbonyl (C=O) groups excluding carboxylic acids is 1. The first-order valence-corrected chi connectivity index (χ1v) is 7.75. The lowest BCUT2D eigenvalue weighted by molar-refractivity contribution is -0.120. The van der Waals surface area contributed by atoms with Gasteiger partial charge in [0.05, 0.1) is 13.2 Å². The molecule has 118 valence electrons. The molecule has 1 amide bonds. The van der Waals surface area contributed by atoms with Gasteiger partial charge in [0.2, 0.25) is 5.91 Å². The number of aryl methyl sites for hydroxylation is 1. The largest absolute Gasteiger partial charge is 0.383 e. The maximum Gasteiger partial charge on any atom is 0.234 e. The molecular weight excluding hydrogens is 264 g/mol. The van der Waals surface area contributed by atoms with Crippen LogP contribution in [0.1, 0.15) is 43.9 Å². The molecule has 2 N–H and O–H groups in total. The van der Waals surface area contributed by atoms with Gasteiger partial charge >= 0.3 is 0 Å². The predicted octanol–water partition coefficient (Wildman–Crippen LogP) is 2.44. The first-order chi connectivity index (χ1) is 10.2. The minimum absolute atomic E-state index is 0.00142. The zero-order valence-corrected chi connectivity index (χ0v) is 13.4. The summed E-state index contributed by atoms with van der Waals surface area (Å²) in [6.45, 7) is 5.70. The molecule has 0 heterocycles. The van der Waals surface area contributed by atoms with Crippen LogP contribution in [-0.2, 0) is 16.0 Å². The van der Waals surface area contributed by atoms with Gasteiger partial charge in [-0.3, -0.25) is 4.79 Å². The molecule has 1 rings (SSSR count). The maximum atomic E-state index is 11.6. The molecule has 0 fully saturated rings. The monoisotopic (exact) mass is 292 g/mol. The third-order valence-electron chi connectivity index (χ3n) is 3.50. The molecule has 0 aliphatic carbocycles. The third kappa shape index (κ3) is 7.25. The normalized spacial score (nSPS) is 12.1. The first kappa shape index (κ1) is 17.7. The van der Waals surface area contributed by atoms with Gasteiger partial charge in [0, 0.05) is 19.7 Å². The average Bonchev–Trinajstić information content (AvgIpc) is 2.51. The fourth-order valence-corrected chi connectivity index (χ4v) is 2.07. The highest BCUT2D eigenvalue weighted by Crippen LogP contribution is 2.14. The molecule has 1 unspecified atom stereocenters. The van der Waals surface area contributed by atoms with Crippen molar-refractivity contribution in [3.05, 3.63) is 35.4 Å².